The molecule has 0 aromatic carbocycles. The summed E-state index contributed by atoms with van der Waals surface area (Å²) in [5.74, 6) is -3.14. The predicted octanol–water partition coefficient (Wildman–Crippen LogP) is 2.92. The molecule has 1 aromatic heterocycles. The number of amides is 3. The number of pyridine rings is 1. The van der Waals surface area contributed by atoms with Gasteiger partial charge in [0.25, 0.3) is 0 Å². The average molecular weight is 402 g/mol. The van der Waals surface area contributed by atoms with E-state index in [-0.39, 0.29) is 11.6 Å². The number of rotatable bonds is 3. The molecule has 2 heterocycles. The van der Waals surface area contributed by atoms with Gasteiger partial charge in [0.05, 0.1) is 0 Å². The Labute approximate surface area is 159 Å². The topological polar surface area (TPSA) is 101 Å². The third kappa shape index (κ3) is 5.83. The van der Waals surface area contributed by atoms with E-state index in [0.29, 0.717) is 19.4 Å². The second-order valence-corrected chi connectivity index (χ2v) is 7.18. The molecular weight excluding hydrogens is 381 g/mol. The lowest BCUT2D eigenvalue weighted by Gasteiger charge is -2.27. The molecule has 154 valence electrons. The lowest BCUT2D eigenvalue weighted by molar-refractivity contribution is -0.167. The number of alkyl halides is 3. The van der Waals surface area contributed by atoms with Crippen LogP contribution >= 0.6 is 0 Å². The van der Waals surface area contributed by atoms with E-state index in [9.17, 15) is 27.6 Å². The van der Waals surface area contributed by atoms with Gasteiger partial charge in [-0.1, -0.05) is 6.07 Å². The molecule has 1 aliphatic rings. The number of halogens is 3. The van der Waals surface area contributed by atoms with Gasteiger partial charge in [-0.3, -0.25) is 14.5 Å². The molecule has 3 amide bonds. The normalized spacial score (nSPS) is 17.2. The van der Waals surface area contributed by atoms with Crippen molar-refractivity contribution in [2.75, 3.05) is 17.2 Å². The first kappa shape index (κ1) is 21.5. The fraction of sp³-hybridized carbons (Fsp3) is 0.529. The van der Waals surface area contributed by atoms with Crippen LogP contribution in [-0.2, 0) is 14.3 Å². The molecule has 1 aromatic rings. The summed E-state index contributed by atoms with van der Waals surface area (Å²) < 4.78 is 42.3. The molecule has 11 heteroatoms. The number of nitrogens with one attached hydrogen (secondary N) is 2. The number of aromatic nitrogens is 1. The maximum Gasteiger partial charge on any atom is 0.471 e. The Hall–Kier alpha value is -2.85. The first-order valence-corrected chi connectivity index (χ1v) is 8.52. The van der Waals surface area contributed by atoms with Crippen molar-refractivity contribution < 1.29 is 32.3 Å². The van der Waals surface area contributed by atoms with Crippen molar-refractivity contribution >= 4 is 29.5 Å². The molecule has 28 heavy (non-hydrogen) atoms. The van der Waals surface area contributed by atoms with Crippen LogP contribution in [0.3, 0.4) is 0 Å². The van der Waals surface area contributed by atoms with Crippen molar-refractivity contribution in [1.29, 1.82) is 0 Å². The summed E-state index contributed by atoms with van der Waals surface area (Å²) in [5, 5.41) is 4.06. The van der Waals surface area contributed by atoms with Crippen LogP contribution in [0.25, 0.3) is 0 Å². The Morgan fingerprint density at radius 1 is 1.14 bits per heavy atom. The van der Waals surface area contributed by atoms with Gasteiger partial charge in [-0.2, -0.15) is 13.2 Å². The van der Waals surface area contributed by atoms with E-state index in [2.05, 4.69) is 10.3 Å². The van der Waals surface area contributed by atoms with Crippen LogP contribution in [0, 0.1) is 0 Å². The molecule has 8 nitrogen and oxygen atoms in total. The lowest BCUT2D eigenvalue weighted by atomic mass is 10.2. The third-order valence-corrected chi connectivity index (χ3v) is 3.68. The Bertz CT molecular complexity index is 762. The van der Waals surface area contributed by atoms with Gasteiger partial charge in [-0.05, 0) is 45.7 Å². The molecule has 2 rings (SSSR count). The second kappa shape index (κ2) is 8.03. The molecule has 1 aliphatic heterocycles. The average Bonchev–Trinajstić information content (AvgIpc) is 3.02. The predicted molar refractivity (Wildman–Crippen MR) is 93.5 cm³/mol. The summed E-state index contributed by atoms with van der Waals surface area (Å²) in [6.45, 7) is 5.48. The first-order chi connectivity index (χ1) is 12.9. The van der Waals surface area contributed by atoms with Crippen molar-refractivity contribution in [3.63, 3.8) is 0 Å². The van der Waals surface area contributed by atoms with Crippen molar-refractivity contribution in [2.24, 2.45) is 0 Å². The SMILES string of the molecule is CC(C)(C)OC(=O)N1CCC[C@H]1C(=O)Nc1cccc(NC(=O)C(F)(F)F)n1. The lowest BCUT2D eigenvalue weighted by Crippen LogP contribution is -2.45. The zero-order valence-corrected chi connectivity index (χ0v) is 15.6. The Balaban J connectivity index is 2.05. The van der Waals surface area contributed by atoms with Gasteiger partial charge < -0.3 is 15.4 Å². The number of nitrogens with zero attached hydrogens (tertiary/aromatic N) is 2. The highest BCUT2D eigenvalue weighted by atomic mass is 19.4. The quantitative estimate of drug-likeness (QED) is 0.810. The van der Waals surface area contributed by atoms with Crippen LogP contribution < -0.4 is 10.6 Å². The van der Waals surface area contributed by atoms with E-state index in [4.69, 9.17) is 4.74 Å². The number of hydrogen-bond acceptors (Lipinski definition) is 5. The minimum Gasteiger partial charge on any atom is -0.444 e. The molecular formula is C17H21F3N4O4. The van der Waals surface area contributed by atoms with E-state index in [1.54, 1.807) is 26.1 Å². The van der Waals surface area contributed by atoms with E-state index < -0.39 is 35.7 Å². The summed E-state index contributed by atoms with van der Waals surface area (Å²) in [6, 6.07) is 3.05. The Kier molecular flexibility index (Phi) is 6.15. The molecule has 0 spiro atoms. The van der Waals surface area contributed by atoms with Crippen LogP contribution in [0.5, 0.6) is 0 Å². The number of likely N-dealkylation sites (tertiary alicyclic amines) is 1. The van der Waals surface area contributed by atoms with Gasteiger partial charge >= 0.3 is 18.2 Å². The number of carbonyl (C=O) groups excluding carboxylic acids is 3. The highest BCUT2D eigenvalue weighted by molar-refractivity contribution is 5.97. The number of carbonyl (C=O) groups is 3. The fourth-order valence-corrected chi connectivity index (χ4v) is 2.55. The smallest absolute Gasteiger partial charge is 0.444 e. The van der Waals surface area contributed by atoms with Crippen LogP contribution in [0.1, 0.15) is 33.6 Å². The molecule has 1 atom stereocenters. The van der Waals surface area contributed by atoms with Crippen molar-refractivity contribution in [3.8, 4) is 0 Å². The minimum atomic E-state index is -5.06. The van der Waals surface area contributed by atoms with Crippen LogP contribution in [-0.4, -0.2) is 52.2 Å². The summed E-state index contributed by atoms with van der Waals surface area (Å²) in [7, 11) is 0. The fourth-order valence-electron chi connectivity index (χ4n) is 2.55. The van der Waals surface area contributed by atoms with Gasteiger partial charge in [-0.25, -0.2) is 9.78 Å². The molecule has 1 saturated heterocycles. The maximum atomic E-state index is 12.5. The largest absolute Gasteiger partial charge is 0.471 e. The standard InChI is InChI=1S/C17H21F3N4O4/c1-16(2,3)28-15(27)24-9-5-6-10(24)13(25)22-11-7-4-8-12(21-11)23-14(26)17(18,19)20/h4,7-8,10H,5-6,9H2,1-3H3,(H2,21,22,23,25,26)/t10-/m0/s1. The number of hydrogen-bond donors (Lipinski definition) is 2. The minimum absolute atomic E-state index is 0.0546. The summed E-state index contributed by atoms with van der Waals surface area (Å²) in [6.07, 6.45) is -4.66. The highest BCUT2D eigenvalue weighted by Crippen LogP contribution is 2.23. The molecule has 2 N–H and O–H groups in total. The van der Waals surface area contributed by atoms with Gasteiger partial charge in [-0.15, -0.1) is 0 Å². The van der Waals surface area contributed by atoms with Crippen molar-refractivity contribution in [1.82, 2.24) is 9.88 Å². The summed E-state index contributed by atoms with van der Waals surface area (Å²) in [4.78, 5) is 40.8. The highest BCUT2D eigenvalue weighted by Gasteiger charge is 2.39. The van der Waals surface area contributed by atoms with Crippen LogP contribution in [0.4, 0.5) is 29.6 Å². The Morgan fingerprint density at radius 2 is 1.75 bits per heavy atom. The van der Waals surface area contributed by atoms with Gasteiger partial charge in [0.2, 0.25) is 5.91 Å². The zero-order valence-electron chi connectivity index (χ0n) is 15.6. The molecule has 0 radical (unpaired) electrons. The van der Waals surface area contributed by atoms with Crippen molar-refractivity contribution in [2.45, 2.75) is 51.4 Å². The summed E-state index contributed by atoms with van der Waals surface area (Å²) in [5.41, 5.74) is -0.715. The molecule has 0 unspecified atom stereocenters. The second-order valence-electron chi connectivity index (χ2n) is 7.18. The monoisotopic (exact) mass is 402 g/mol. The third-order valence-electron chi connectivity index (χ3n) is 3.68. The zero-order chi connectivity index (χ0) is 21.1. The summed E-state index contributed by atoms with van der Waals surface area (Å²) >= 11 is 0. The van der Waals surface area contributed by atoms with Crippen molar-refractivity contribution in [3.05, 3.63) is 18.2 Å². The maximum absolute atomic E-state index is 12.5. The molecule has 0 bridgehead atoms. The van der Waals surface area contributed by atoms with Gasteiger partial charge in [0.15, 0.2) is 0 Å². The van der Waals surface area contributed by atoms with E-state index >= 15 is 0 Å². The van der Waals surface area contributed by atoms with Gasteiger partial charge in [0, 0.05) is 6.54 Å². The first-order valence-electron chi connectivity index (χ1n) is 8.52. The number of anilines is 2. The van der Waals surface area contributed by atoms with Crippen LogP contribution in [0.2, 0.25) is 0 Å². The molecule has 0 saturated carbocycles. The van der Waals surface area contributed by atoms with E-state index in [1.165, 1.54) is 17.0 Å². The van der Waals surface area contributed by atoms with E-state index in [1.807, 2.05) is 0 Å². The Morgan fingerprint density at radius 3 is 2.32 bits per heavy atom. The molecule has 0 aliphatic carbocycles. The van der Waals surface area contributed by atoms with E-state index in [0.717, 1.165) is 6.07 Å². The number of ether oxygens (including phenoxy) is 1. The molecule has 1 fully saturated rings. The van der Waals surface area contributed by atoms with Crippen LogP contribution in [0.15, 0.2) is 18.2 Å². The van der Waals surface area contributed by atoms with Gasteiger partial charge in [0.1, 0.15) is 23.3 Å².